The minimum absolute atomic E-state index is 0.0405. The monoisotopic (exact) mass is 346 g/mol. The Morgan fingerprint density at radius 2 is 2.24 bits per heavy atom. The Labute approximate surface area is 131 Å². The van der Waals surface area contributed by atoms with Gasteiger partial charge in [-0.15, -0.1) is 0 Å². The molecule has 5 heteroatoms. The van der Waals surface area contributed by atoms with Crippen molar-refractivity contribution >= 4 is 32.7 Å². The Morgan fingerprint density at radius 3 is 3.05 bits per heavy atom. The van der Waals surface area contributed by atoms with Gasteiger partial charge in [-0.05, 0) is 40.9 Å². The van der Waals surface area contributed by atoms with E-state index in [-0.39, 0.29) is 11.5 Å². The fourth-order valence-electron chi connectivity index (χ4n) is 2.88. The van der Waals surface area contributed by atoms with Crippen LogP contribution in [0.15, 0.2) is 34.9 Å². The molecule has 0 radical (unpaired) electrons. The van der Waals surface area contributed by atoms with Crippen LogP contribution in [-0.2, 0) is 4.74 Å². The lowest BCUT2D eigenvalue weighted by Crippen LogP contribution is -2.46. The average molecular weight is 347 g/mol. The van der Waals surface area contributed by atoms with Crippen molar-refractivity contribution in [3.63, 3.8) is 0 Å². The molecule has 4 nitrogen and oxygen atoms in total. The first-order chi connectivity index (χ1) is 10.2. The maximum Gasteiger partial charge on any atom is 0.255 e. The summed E-state index contributed by atoms with van der Waals surface area (Å²) in [6, 6.07) is 7.81. The number of hydrogen-bond acceptors (Lipinski definition) is 3. The van der Waals surface area contributed by atoms with Crippen LogP contribution in [0.3, 0.4) is 0 Å². The number of aromatic nitrogens is 1. The first-order valence-electron chi connectivity index (χ1n) is 7.14. The molecule has 1 spiro atoms. The molecule has 2 aliphatic rings. The van der Waals surface area contributed by atoms with Gasteiger partial charge in [-0.3, -0.25) is 9.78 Å². The van der Waals surface area contributed by atoms with E-state index in [0.29, 0.717) is 25.3 Å². The van der Waals surface area contributed by atoms with E-state index >= 15 is 0 Å². The van der Waals surface area contributed by atoms with Crippen molar-refractivity contribution in [1.29, 1.82) is 0 Å². The third-order valence-electron chi connectivity index (χ3n) is 4.25. The van der Waals surface area contributed by atoms with Gasteiger partial charge in [0.2, 0.25) is 0 Å². The topological polar surface area (TPSA) is 42.4 Å². The van der Waals surface area contributed by atoms with Crippen LogP contribution >= 0.6 is 15.9 Å². The standard InChI is InChI=1S/C16H15BrN2O2/c17-13-3-1-2-11-8-12(9-18-14(11)13)15(20)19-6-7-21-16(10-19)4-5-16/h1-3,8-9H,4-7,10H2. The van der Waals surface area contributed by atoms with Gasteiger partial charge in [0, 0.05) is 22.6 Å². The lowest BCUT2D eigenvalue weighted by molar-refractivity contribution is -0.0376. The third kappa shape index (κ3) is 2.34. The summed E-state index contributed by atoms with van der Waals surface area (Å²) in [5, 5.41) is 0.976. The Morgan fingerprint density at radius 1 is 1.38 bits per heavy atom. The zero-order valence-electron chi connectivity index (χ0n) is 11.5. The molecule has 1 amide bonds. The number of nitrogens with zero attached hydrogens (tertiary/aromatic N) is 2. The molecule has 21 heavy (non-hydrogen) atoms. The Kier molecular flexibility index (Phi) is 3.01. The quantitative estimate of drug-likeness (QED) is 0.797. The maximum absolute atomic E-state index is 12.7. The van der Waals surface area contributed by atoms with E-state index in [0.717, 1.165) is 28.2 Å². The van der Waals surface area contributed by atoms with Crippen molar-refractivity contribution in [3.8, 4) is 0 Å². The largest absolute Gasteiger partial charge is 0.371 e. The van der Waals surface area contributed by atoms with Crippen molar-refractivity contribution in [2.24, 2.45) is 0 Å². The number of fused-ring (bicyclic) bond motifs is 1. The molecule has 1 aliphatic carbocycles. The summed E-state index contributed by atoms with van der Waals surface area (Å²) in [6.07, 6.45) is 3.81. The highest BCUT2D eigenvalue weighted by Crippen LogP contribution is 2.42. The number of benzene rings is 1. The van der Waals surface area contributed by atoms with Crippen LogP contribution in [0.2, 0.25) is 0 Å². The second-order valence-corrected chi connectivity index (χ2v) is 6.65. The normalized spacial score (nSPS) is 20.0. The molecular weight excluding hydrogens is 332 g/mol. The number of ether oxygens (including phenoxy) is 1. The van der Waals surface area contributed by atoms with Gasteiger partial charge in [0.05, 0.1) is 29.8 Å². The van der Waals surface area contributed by atoms with E-state index < -0.39 is 0 Å². The number of carbonyl (C=O) groups excluding carboxylic acids is 1. The predicted molar refractivity (Wildman–Crippen MR) is 83.3 cm³/mol. The van der Waals surface area contributed by atoms with Gasteiger partial charge in [-0.25, -0.2) is 0 Å². The van der Waals surface area contributed by atoms with Gasteiger partial charge < -0.3 is 9.64 Å². The summed E-state index contributed by atoms with van der Waals surface area (Å²) < 4.78 is 6.71. The molecular formula is C16H15BrN2O2. The Hall–Kier alpha value is -1.46. The molecule has 1 saturated carbocycles. The van der Waals surface area contributed by atoms with E-state index in [9.17, 15) is 4.79 Å². The van der Waals surface area contributed by atoms with Crippen molar-refractivity contribution in [2.45, 2.75) is 18.4 Å². The fraction of sp³-hybridized carbons (Fsp3) is 0.375. The zero-order chi connectivity index (χ0) is 14.4. The third-order valence-corrected chi connectivity index (χ3v) is 4.89. The van der Waals surface area contributed by atoms with Crippen LogP contribution < -0.4 is 0 Å². The van der Waals surface area contributed by atoms with E-state index in [1.54, 1.807) is 6.20 Å². The zero-order valence-corrected chi connectivity index (χ0v) is 13.1. The van der Waals surface area contributed by atoms with Gasteiger partial charge in [0.15, 0.2) is 0 Å². The molecule has 1 aromatic carbocycles. The summed E-state index contributed by atoms with van der Waals surface area (Å²) in [5.74, 6) is 0.0546. The second-order valence-electron chi connectivity index (χ2n) is 5.79. The van der Waals surface area contributed by atoms with Gasteiger partial charge >= 0.3 is 0 Å². The highest BCUT2D eigenvalue weighted by atomic mass is 79.9. The van der Waals surface area contributed by atoms with Gasteiger partial charge in [-0.1, -0.05) is 12.1 Å². The molecule has 0 atom stereocenters. The summed E-state index contributed by atoms with van der Waals surface area (Å²) >= 11 is 3.48. The average Bonchev–Trinajstić information content (AvgIpc) is 3.25. The van der Waals surface area contributed by atoms with E-state index in [4.69, 9.17) is 4.74 Å². The van der Waals surface area contributed by atoms with Crippen molar-refractivity contribution in [2.75, 3.05) is 19.7 Å². The molecule has 0 unspecified atom stereocenters. The summed E-state index contributed by atoms with van der Waals surface area (Å²) in [7, 11) is 0. The number of pyridine rings is 1. The molecule has 0 N–H and O–H groups in total. The fourth-order valence-corrected chi connectivity index (χ4v) is 3.37. The van der Waals surface area contributed by atoms with E-state index in [1.807, 2.05) is 29.2 Å². The first kappa shape index (κ1) is 13.2. The summed E-state index contributed by atoms with van der Waals surface area (Å²) in [5.41, 5.74) is 1.49. The number of para-hydroxylation sites is 1. The SMILES string of the molecule is O=C(c1cnc2c(Br)cccc2c1)N1CCOC2(CC2)C1. The van der Waals surface area contributed by atoms with Crippen molar-refractivity contribution in [3.05, 3.63) is 40.5 Å². The molecule has 1 aliphatic heterocycles. The summed E-state index contributed by atoms with van der Waals surface area (Å²) in [4.78, 5) is 19.0. The minimum Gasteiger partial charge on any atom is -0.371 e. The highest BCUT2D eigenvalue weighted by Gasteiger charge is 2.48. The maximum atomic E-state index is 12.7. The molecule has 4 rings (SSSR count). The molecule has 1 aromatic heterocycles. The molecule has 2 fully saturated rings. The molecule has 108 valence electrons. The van der Waals surface area contributed by atoms with Crippen LogP contribution in [-0.4, -0.2) is 41.1 Å². The molecule has 0 bridgehead atoms. The van der Waals surface area contributed by atoms with E-state index in [2.05, 4.69) is 20.9 Å². The minimum atomic E-state index is -0.0405. The van der Waals surface area contributed by atoms with Crippen LogP contribution in [0.1, 0.15) is 23.2 Å². The number of amides is 1. The van der Waals surface area contributed by atoms with E-state index in [1.165, 1.54) is 0 Å². The van der Waals surface area contributed by atoms with Gasteiger partial charge in [0.25, 0.3) is 5.91 Å². The lowest BCUT2D eigenvalue weighted by atomic mass is 10.1. The second kappa shape index (κ2) is 4.78. The Bertz CT molecular complexity index is 727. The van der Waals surface area contributed by atoms with Gasteiger partial charge in [0.1, 0.15) is 0 Å². The van der Waals surface area contributed by atoms with Crippen LogP contribution in [0.5, 0.6) is 0 Å². The number of halogens is 1. The van der Waals surface area contributed by atoms with Crippen LogP contribution in [0, 0.1) is 0 Å². The van der Waals surface area contributed by atoms with Gasteiger partial charge in [-0.2, -0.15) is 0 Å². The summed E-state index contributed by atoms with van der Waals surface area (Å²) in [6.45, 7) is 2.01. The first-order valence-corrected chi connectivity index (χ1v) is 7.94. The lowest BCUT2D eigenvalue weighted by Gasteiger charge is -2.33. The molecule has 1 saturated heterocycles. The molecule has 2 aromatic rings. The van der Waals surface area contributed by atoms with Crippen molar-refractivity contribution < 1.29 is 9.53 Å². The van der Waals surface area contributed by atoms with Crippen molar-refractivity contribution in [1.82, 2.24) is 9.88 Å². The predicted octanol–water partition coefficient (Wildman–Crippen LogP) is 3.00. The highest BCUT2D eigenvalue weighted by molar-refractivity contribution is 9.10. The number of rotatable bonds is 1. The Balaban J connectivity index is 1.64. The smallest absolute Gasteiger partial charge is 0.255 e. The van der Waals surface area contributed by atoms with Crippen LogP contribution in [0.25, 0.3) is 10.9 Å². The number of carbonyl (C=O) groups is 1. The molecule has 2 heterocycles. The number of hydrogen-bond donors (Lipinski definition) is 0. The van der Waals surface area contributed by atoms with Crippen LogP contribution in [0.4, 0.5) is 0 Å². The number of morpholine rings is 1.